The van der Waals surface area contributed by atoms with Crippen molar-refractivity contribution in [3.05, 3.63) is 27.7 Å². The minimum Gasteiger partial charge on any atom is -0.481 e. The zero-order valence-corrected chi connectivity index (χ0v) is 12.3. The summed E-state index contributed by atoms with van der Waals surface area (Å²) in [5.74, 6) is 2.81. The van der Waals surface area contributed by atoms with E-state index >= 15 is 0 Å². The van der Waals surface area contributed by atoms with Crippen LogP contribution in [0.1, 0.15) is 18.1 Å². The van der Waals surface area contributed by atoms with Gasteiger partial charge in [-0.05, 0) is 44.0 Å². The summed E-state index contributed by atoms with van der Waals surface area (Å²) in [6.07, 6.45) is 4.50. The van der Waals surface area contributed by atoms with Crippen molar-refractivity contribution in [2.24, 2.45) is 0 Å². The molecule has 4 heteroatoms. The maximum Gasteiger partial charge on any atom is 0.261 e. The van der Waals surface area contributed by atoms with Crippen molar-refractivity contribution in [1.29, 1.82) is 0 Å². The van der Waals surface area contributed by atoms with Crippen LogP contribution < -0.4 is 10.1 Å². The number of benzene rings is 1. The highest BCUT2D eigenvalue weighted by molar-refractivity contribution is 9.10. The number of hydrogen-bond donors (Lipinski definition) is 1. The van der Waals surface area contributed by atoms with E-state index in [4.69, 9.17) is 11.2 Å². The van der Waals surface area contributed by atoms with Gasteiger partial charge in [0.2, 0.25) is 0 Å². The zero-order chi connectivity index (χ0) is 13.7. The SMILES string of the molecule is C#CCNC(=O)C(C)Oc1cc(C)c(Br)c(C)c1. The average Bonchev–Trinajstić information content (AvgIpc) is 2.32. The lowest BCUT2D eigenvalue weighted by molar-refractivity contribution is -0.127. The Morgan fingerprint density at radius 3 is 2.56 bits per heavy atom. The Labute approximate surface area is 116 Å². The average molecular weight is 310 g/mol. The predicted molar refractivity (Wildman–Crippen MR) is 75.5 cm³/mol. The number of nitrogens with one attached hydrogen (secondary N) is 1. The highest BCUT2D eigenvalue weighted by Crippen LogP contribution is 2.26. The van der Waals surface area contributed by atoms with Crippen LogP contribution in [0.25, 0.3) is 0 Å². The second-order valence-electron chi connectivity index (χ2n) is 4.05. The van der Waals surface area contributed by atoms with Gasteiger partial charge in [0.15, 0.2) is 6.10 Å². The fourth-order valence-electron chi connectivity index (χ4n) is 1.51. The number of hydrogen-bond acceptors (Lipinski definition) is 2. The summed E-state index contributed by atoms with van der Waals surface area (Å²) >= 11 is 3.49. The molecule has 1 amide bonds. The number of aryl methyl sites for hydroxylation is 2. The van der Waals surface area contributed by atoms with Crippen LogP contribution in [0.4, 0.5) is 0 Å². The second-order valence-corrected chi connectivity index (χ2v) is 4.85. The molecule has 3 nitrogen and oxygen atoms in total. The monoisotopic (exact) mass is 309 g/mol. The fourth-order valence-corrected chi connectivity index (χ4v) is 1.74. The third kappa shape index (κ3) is 3.78. The Hall–Kier alpha value is -1.47. The van der Waals surface area contributed by atoms with E-state index in [1.165, 1.54) is 0 Å². The number of carbonyl (C=O) groups is 1. The predicted octanol–water partition coefficient (Wildman–Crippen LogP) is 2.58. The summed E-state index contributed by atoms with van der Waals surface area (Å²) in [6, 6.07) is 3.78. The van der Waals surface area contributed by atoms with Crippen molar-refractivity contribution >= 4 is 21.8 Å². The molecule has 1 unspecified atom stereocenters. The lowest BCUT2D eigenvalue weighted by Crippen LogP contribution is -2.36. The van der Waals surface area contributed by atoms with Gasteiger partial charge in [-0.3, -0.25) is 4.79 Å². The van der Waals surface area contributed by atoms with Crippen molar-refractivity contribution in [1.82, 2.24) is 5.32 Å². The van der Waals surface area contributed by atoms with Crippen LogP contribution in [0.2, 0.25) is 0 Å². The van der Waals surface area contributed by atoms with Gasteiger partial charge in [-0.25, -0.2) is 0 Å². The van der Waals surface area contributed by atoms with Gasteiger partial charge in [-0.2, -0.15) is 0 Å². The van der Waals surface area contributed by atoms with Crippen molar-refractivity contribution in [2.45, 2.75) is 26.9 Å². The summed E-state index contributed by atoms with van der Waals surface area (Å²) in [6.45, 7) is 5.86. The first-order valence-electron chi connectivity index (χ1n) is 5.60. The van der Waals surface area contributed by atoms with Gasteiger partial charge < -0.3 is 10.1 Å². The van der Waals surface area contributed by atoms with E-state index in [0.717, 1.165) is 15.6 Å². The fraction of sp³-hybridized carbons (Fsp3) is 0.357. The van der Waals surface area contributed by atoms with Gasteiger partial charge in [0.1, 0.15) is 5.75 Å². The molecule has 0 fully saturated rings. The first kappa shape index (κ1) is 14.6. The molecule has 0 heterocycles. The van der Waals surface area contributed by atoms with Crippen LogP contribution in [0, 0.1) is 26.2 Å². The third-order valence-electron chi connectivity index (χ3n) is 2.46. The van der Waals surface area contributed by atoms with E-state index in [1.807, 2.05) is 26.0 Å². The molecule has 18 heavy (non-hydrogen) atoms. The summed E-state index contributed by atoms with van der Waals surface area (Å²) < 4.78 is 6.64. The third-order valence-corrected chi connectivity index (χ3v) is 3.71. The summed E-state index contributed by atoms with van der Waals surface area (Å²) in [5.41, 5.74) is 2.14. The van der Waals surface area contributed by atoms with Gasteiger partial charge in [-0.15, -0.1) is 6.42 Å². The first-order valence-corrected chi connectivity index (χ1v) is 6.39. The maximum absolute atomic E-state index is 11.6. The van der Waals surface area contributed by atoms with E-state index in [9.17, 15) is 4.79 Å². The van der Waals surface area contributed by atoms with E-state index in [-0.39, 0.29) is 12.5 Å². The second kappa shape index (κ2) is 6.46. The van der Waals surface area contributed by atoms with Crippen LogP contribution in [-0.4, -0.2) is 18.6 Å². The molecule has 0 saturated heterocycles. The molecule has 1 aromatic carbocycles. The van der Waals surface area contributed by atoms with Gasteiger partial charge in [-0.1, -0.05) is 21.9 Å². The van der Waals surface area contributed by atoms with Gasteiger partial charge in [0.05, 0.1) is 6.54 Å². The van der Waals surface area contributed by atoms with Crippen LogP contribution in [0.15, 0.2) is 16.6 Å². The van der Waals surface area contributed by atoms with Gasteiger partial charge in [0, 0.05) is 4.47 Å². The minimum absolute atomic E-state index is 0.213. The maximum atomic E-state index is 11.6. The summed E-state index contributed by atoms with van der Waals surface area (Å²) in [5, 5.41) is 2.58. The molecule has 0 aliphatic carbocycles. The molecule has 1 N–H and O–H groups in total. The highest BCUT2D eigenvalue weighted by atomic mass is 79.9. The lowest BCUT2D eigenvalue weighted by atomic mass is 10.1. The molecule has 0 radical (unpaired) electrons. The van der Waals surface area contributed by atoms with Crippen molar-refractivity contribution < 1.29 is 9.53 Å². The molecule has 1 aromatic rings. The van der Waals surface area contributed by atoms with Crippen molar-refractivity contribution in [3.63, 3.8) is 0 Å². The molecule has 0 saturated carbocycles. The minimum atomic E-state index is -0.571. The van der Waals surface area contributed by atoms with Gasteiger partial charge >= 0.3 is 0 Å². The Bertz CT molecular complexity index is 468. The molecule has 0 aliphatic heterocycles. The highest BCUT2D eigenvalue weighted by Gasteiger charge is 2.14. The summed E-state index contributed by atoms with van der Waals surface area (Å²) in [7, 11) is 0. The summed E-state index contributed by atoms with van der Waals surface area (Å²) in [4.78, 5) is 11.6. The number of amides is 1. The van der Waals surface area contributed by atoms with Crippen LogP contribution in [0.5, 0.6) is 5.75 Å². The lowest BCUT2D eigenvalue weighted by Gasteiger charge is -2.15. The van der Waals surface area contributed by atoms with Gasteiger partial charge in [0.25, 0.3) is 5.91 Å². The molecular weight excluding hydrogens is 294 g/mol. The number of rotatable bonds is 4. The Kier molecular flexibility index (Phi) is 5.24. The number of carbonyl (C=O) groups excluding carboxylic acids is 1. The molecule has 1 rings (SSSR count). The Morgan fingerprint density at radius 2 is 2.06 bits per heavy atom. The van der Waals surface area contributed by atoms with Crippen LogP contribution in [-0.2, 0) is 4.79 Å². The van der Waals surface area contributed by atoms with E-state index in [1.54, 1.807) is 6.92 Å². The standard InChI is InChI=1S/C14H16BrNO2/c1-5-6-16-14(17)11(4)18-12-7-9(2)13(15)10(3)8-12/h1,7-8,11H,6H2,2-4H3,(H,16,17). The Morgan fingerprint density at radius 1 is 1.50 bits per heavy atom. The largest absolute Gasteiger partial charge is 0.481 e. The number of ether oxygens (including phenoxy) is 1. The van der Waals surface area contributed by atoms with Crippen molar-refractivity contribution in [2.75, 3.05) is 6.54 Å². The van der Waals surface area contributed by atoms with Crippen LogP contribution in [0.3, 0.4) is 0 Å². The number of halogens is 1. The van der Waals surface area contributed by atoms with E-state index < -0.39 is 6.10 Å². The normalized spacial score (nSPS) is 11.5. The van der Waals surface area contributed by atoms with Crippen LogP contribution >= 0.6 is 15.9 Å². The number of terminal acetylenes is 1. The molecule has 0 aliphatic rings. The quantitative estimate of drug-likeness (QED) is 0.868. The molecule has 1 atom stereocenters. The van der Waals surface area contributed by atoms with E-state index in [0.29, 0.717) is 5.75 Å². The smallest absolute Gasteiger partial charge is 0.261 e. The molecular formula is C14H16BrNO2. The molecule has 0 aromatic heterocycles. The molecule has 0 bridgehead atoms. The Balaban J connectivity index is 2.73. The van der Waals surface area contributed by atoms with E-state index in [2.05, 4.69) is 27.2 Å². The first-order chi connectivity index (χ1) is 8.45. The molecule has 0 spiro atoms. The zero-order valence-electron chi connectivity index (χ0n) is 10.7. The van der Waals surface area contributed by atoms with Crippen molar-refractivity contribution in [3.8, 4) is 18.1 Å². The topological polar surface area (TPSA) is 38.3 Å². The molecule has 96 valence electrons.